The van der Waals surface area contributed by atoms with Crippen LogP contribution in [0.15, 0.2) is 35.7 Å². The maximum absolute atomic E-state index is 13.9. The smallest absolute Gasteiger partial charge is 0.238 e. The zero-order valence-electron chi connectivity index (χ0n) is 14.3. The molecule has 0 spiro atoms. The molecule has 1 aliphatic rings. The molecule has 6 heteroatoms. The Morgan fingerprint density at radius 2 is 2.32 bits per heavy atom. The summed E-state index contributed by atoms with van der Waals surface area (Å²) in [5, 5.41) is 4.71. The molecule has 0 unspecified atom stereocenters. The number of ether oxygens (including phenoxy) is 1. The molecular weight excluding hydrogens is 339 g/mol. The van der Waals surface area contributed by atoms with Gasteiger partial charge in [0.2, 0.25) is 5.91 Å². The van der Waals surface area contributed by atoms with E-state index in [4.69, 9.17) is 4.74 Å². The van der Waals surface area contributed by atoms with Gasteiger partial charge < -0.3 is 10.1 Å². The quantitative estimate of drug-likeness (QED) is 0.814. The zero-order valence-corrected chi connectivity index (χ0v) is 15.2. The molecule has 1 aliphatic heterocycles. The van der Waals surface area contributed by atoms with Gasteiger partial charge in [0.1, 0.15) is 5.82 Å². The van der Waals surface area contributed by atoms with E-state index in [9.17, 15) is 9.18 Å². The summed E-state index contributed by atoms with van der Waals surface area (Å²) in [4.78, 5) is 15.7. The molecule has 1 fully saturated rings. The Bertz CT molecular complexity index is 699. The molecule has 2 heterocycles. The molecule has 2 aromatic rings. The van der Waals surface area contributed by atoms with Crippen LogP contribution < -0.4 is 5.32 Å². The van der Waals surface area contributed by atoms with E-state index in [2.05, 4.69) is 16.3 Å². The number of benzene rings is 1. The first-order valence-electron chi connectivity index (χ1n) is 8.52. The molecule has 1 amide bonds. The third kappa shape index (κ3) is 5.36. The Balaban J connectivity index is 1.62. The molecule has 1 N–H and O–H groups in total. The van der Waals surface area contributed by atoms with Gasteiger partial charge in [0.25, 0.3) is 0 Å². The largest absolute Gasteiger partial charge is 0.377 e. The summed E-state index contributed by atoms with van der Waals surface area (Å²) in [5.74, 6) is -0.616. The second-order valence-corrected chi connectivity index (χ2v) is 7.45. The van der Waals surface area contributed by atoms with Crippen molar-refractivity contribution in [3.63, 3.8) is 0 Å². The van der Waals surface area contributed by atoms with Crippen molar-refractivity contribution in [1.29, 1.82) is 0 Å². The highest BCUT2D eigenvalue weighted by molar-refractivity contribution is 7.09. The first-order chi connectivity index (χ1) is 12.1. The minimum atomic E-state index is -0.405. The lowest BCUT2D eigenvalue weighted by Gasteiger charge is -2.24. The summed E-state index contributed by atoms with van der Waals surface area (Å²) in [6, 6.07) is 8.88. The van der Waals surface area contributed by atoms with Gasteiger partial charge in [-0.1, -0.05) is 12.1 Å². The van der Waals surface area contributed by atoms with E-state index in [1.807, 2.05) is 18.4 Å². The fourth-order valence-electron chi connectivity index (χ4n) is 3.00. The highest BCUT2D eigenvalue weighted by atomic mass is 32.1. The molecule has 0 bridgehead atoms. The summed E-state index contributed by atoms with van der Waals surface area (Å²) in [7, 11) is 0. The highest BCUT2D eigenvalue weighted by Crippen LogP contribution is 2.18. The molecule has 1 aromatic heterocycles. The molecule has 1 atom stereocenters. The number of anilines is 1. The van der Waals surface area contributed by atoms with Crippen LogP contribution in [0.1, 0.15) is 23.3 Å². The molecule has 0 radical (unpaired) electrons. The molecule has 0 saturated carbocycles. The molecule has 3 rings (SSSR count). The summed E-state index contributed by atoms with van der Waals surface area (Å²) in [6.07, 6.45) is 2.26. The molecule has 134 valence electrons. The summed E-state index contributed by atoms with van der Waals surface area (Å²) in [6.45, 7) is 4.23. The van der Waals surface area contributed by atoms with Gasteiger partial charge >= 0.3 is 0 Å². The number of nitrogens with one attached hydrogen (secondary N) is 1. The van der Waals surface area contributed by atoms with E-state index in [1.165, 1.54) is 10.9 Å². The molecule has 4 nitrogen and oxygen atoms in total. The lowest BCUT2D eigenvalue weighted by molar-refractivity contribution is -0.117. The number of carbonyl (C=O) groups excluding carboxylic acids is 1. The third-order valence-electron chi connectivity index (χ3n) is 4.21. The molecule has 25 heavy (non-hydrogen) atoms. The van der Waals surface area contributed by atoms with Crippen LogP contribution in [-0.2, 0) is 16.1 Å². The monoisotopic (exact) mass is 362 g/mol. The van der Waals surface area contributed by atoms with Gasteiger partial charge in [-0.15, -0.1) is 11.3 Å². The maximum Gasteiger partial charge on any atom is 0.238 e. The maximum atomic E-state index is 13.9. The second kappa shape index (κ2) is 8.56. The topological polar surface area (TPSA) is 41.6 Å². The first-order valence-corrected chi connectivity index (χ1v) is 9.40. The van der Waals surface area contributed by atoms with Gasteiger partial charge in [-0.05, 0) is 48.9 Å². The van der Waals surface area contributed by atoms with Crippen LogP contribution in [-0.4, -0.2) is 36.6 Å². The number of rotatable bonds is 7. The predicted molar refractivity (Wildman–Crippen MR) is 98.3 cm³/mol. The average molecular weight is 362 g/mol. The average Bonchev–Trinajstić information content (AvgIpc) is 3.24. The van der Waals surface area contributed by atoms with Crippen molar-refractivity contribution < 1.29 is 13.9 Å². The van der Waals surface area contributed by atoms with Crippen LogP contribution in [0.25, 0.3) is 0 Å². The van der Waals surface area contributed by atoms with Crippen LogP contribution in [0.2, 0.25) is 0 Å². The summed E-state index contributed by atoms with van der Waals surface area (Å²) >= 11 is 1.67. The lowest BCUT2D eigenvalue weighted by atomic mass is 10.2. The van der Waals surface area contributed by atoms with Crippen molar-refractivity contribution >= 4 is 22.9 Å². The standard InChI is InChI=1S/C19H23FN2O2S/c1-14-6-7-18(17(20)10-14)21-19(23)13-22(11-15-4-2-8-24-15)12-16-5-3-9-25-16/h3,5-7,9-10,15H,2,4,8,11-13H2,1H3,(H,21,23)/t15-/m1/s1. The van der Waals surface area contributed by atoms with E-state index in [-0.39, 0.29) is 24.2 Å². The highest BCUT2D eigenvalue weighted by Gasteiger charge is 2.21. The van der Waals surface area contributed by atoms with E-state index in [0.29, 0.717) is 13.1 Å². The van der Waals surface area contributed by atoms with Crippen molar-refractivity contribution in [2.75, 3.05) is 25.0 Å². The fourth-order valence-corrected chi connectivity index (χ4v) is 3.74. The fraction of sp³-hybridized carbons (Fsp3) is 0.421. The lowest BCUT2D eigenvalue weighted by Crippen LogP contribution is -2.37. The van der Waals surface area contributed by atoms with Gasteiger partial charge in [-0.2, -0.15) is 0 Å². The Hall–Kier alpha value is -1.76. The van der Waals surface area contributed by atoms with E-state index >= 15 is 0 Å². The first kappa shape index (κ1) is 18.0. The van der Waals surface area contributed by atoms with Crippen LogP contribution in [0, 0.1) is 12.7 Å². The Kier molecular flexibility index (Phi) is 6.18. The molecule has 1 saturated heterocycles. The van der Waals surface area contributed by atoms with Crippen molar-refractivity contribution in [2.45, 2.75) is 32.4 Å². The van der Waals surface area contributed by atoms with Crippen molar-refractivity contribution in [2.24, 2.45) is 0 Å². The Labute approximate surface area is 151 Å². The number of thiophene rings is 1. The number of aryl methyl sites for hydroxylation is 1. The van der Waals surface area contributed by atoms with Gasteiger partial charge in [0, 0.05) is 24.6 Å². The normalized spacial score (nSPS) is 17.2. The SMILES string of the molecule is Cc1ccc(NC(=O)CN(Cc2cccs2)C[C@H]2CCCO2)c(F)c1. The van der Waals surface area contributed by atoms with Gasteiger partial charge in [-0.3, -0.25) is 9.69 Å². The summed E-state index contributed by atoms with van der Waals surface area (Å²) in [5.41, 5.74) is 1.05. The number of amides is 1. The number of hydrogen-bond acceptors (Lipinski definition) is 4. The van der Waals surface area contributed by atoms with Crippen molar-refractivity contribution in [1.82, 2.24) is 4.90 Å². The number of hydrogen-bond donors (Lipinski definition) is 1. The predicted octanol–water partition coefficient (Wildman–Crippen LogP) is 3.82. The molecular formula is C19H23FN2O2S. The second-order valence-electron chi connectivity index (χ2n) is 6.42. The van der Waals surface area contributed by atoms with Gasteiger partial charge in [-0.25, -0.2) is 4.39 Å². The van der Waals surface area contributed by atoms with E-state index in [0.717, 1.165) is 25.0 Å². The number of carbonyl (C=O) groups is 1. The Morgan fingerprint density at radius 1 is 1.44 bits per heavy atom. The van der Waals surface area contributed by atoms with Crippen LogP contribution in [0.3, 0.4) is 0 Å². The molecule has 0 aliphatic carbocycles. The summed E-state index contributed by atoms with van der Waals surface area (Å²) < 4.78 is 19.6. The van der Waals surface area contributed by atoms with E-state index < -0.39 is 5.82 Å². The van der Waals surface area contributed by atoms with Crippen molar-refractivity contribution in [3.05, 3.63) is 52.0 Å². The van der Waals surface area contributed by atoms with Crippen molar-refractivity contribution in [3.8, 4) is 0 Å². The van der Waals surface area contributed by atoms with Crippen LogP contribution in [0.4, 0.5) is 10.1 Å². The van der Waals surface area contributed by atoms with Crippen LogP contribution in [0.5, 0.6) is 0 Å². The minimum Gasteiger partial charge on any atom is -0.377 e. The number of halogens is 1. The Morgan fingerprint density at radius 3 is 3.00 bits per heavy atom. The number of nitrogens with zero attached hydrogens (tertiary/aromatic N) is 1. The molecule has 1 aromatic carbocycles. The van der Waals surface area contributed by atoms with E-state index in [1.54, 1.807) is 23.5 Å². The van der Waals surface area contributed by atoms with Gasteiger partial charge in [0.05, 0.1) is 18.3 Å². The minimum absolute atomic E-state index is 0.170. The zero-order chi connectivity index (χ0) is 17.6. The van der Waals surface area contributed by atoms with Crippen LogP contribution >= 0.6 is 11.3 Å². The third-order valence-corrected chi connectivity index (χ3v) is 5.07. The van der Waals surface area contributed by atoms with Gasteiger partial charge in [0.15, 0.2) is 0 Å².